The molecule has 98 valence electrons. The number of hydrogen-bond acceptors (Lipinski definition) is 4. The number of amides is 1. The first kappa shape index (κ1) is 14.4. The molecule has 1 heterocycles. The molecule has 0 aromatic carbocycles. The second-order valence-corrected chi connectivity index (χ2v) is 5.10. The van der Waals surface area contributed by atoms with Gasteiger partial charge in [0.2, 0.25) is 5.91 Å². The van der Waals surface area contributed by atoms with Crippen LogP contribution in [0.25, 0.3) is 6.08 Å². The molecule has 0 N–H and O–H groups in total. The molecule has 1 aromatic rings. The summed E-state index contributed by atoms with van der Waals surface area (Å²) >= 11 is 1.61. The van der Waals surface area contributed by atoms with Gasteiger partial charge in [0.05, 0.1) is 6.61 Å². The SMILES string of the molecule is CCOC(=O)CN(C)C(=O)C=Cc1ccc(C)s1. The van der Waals surface area contributed by atoms with Crippen molar-refractivity contribution < 1.29 is 14.3 Å². The highest BCUT2D eigenvalue weighted by Crippen LogP contribution is 2.16. The molecule has 4 nitrogen and oxygen atoms in total. The van der Waals surface area contributed by atoms with E-state index in [9.17, 15) is 9.59 Å². The predicted octanol–water partition coefficient (Wildman–Crippen LogP) is 2.09. The van der Waals surface area contributed by atoms with E-state index in [1.807, 2.05) is 19.1 Å². The average Bonchev–Trinajstić information content (AvgIpc) is 2.72. The molecule has 0 bridgehead atoms. The average molecular weight is 267 g/mol. The van der Waals surface area contributed by atoms with Crippen LogP contribution < -0.4 is 0 Å². The molecule has 0 fully saturated rings. The van der Waals surface area contributed by atoms with Gasteiger partial charge in [0.15, 0.2) is 0 Å². The van der Waals surface area contributed by atoms with E-state index in [1.165, 1.54) is 15.9 Å². The summed E-state index contributed by atoms with van der Waals surface area (Å²) in [6, 6.07) is 3.95. The molecular formula is C13H17NO3S. The van der Waals surface area contributed by atoms with Gasteiger partial charge in [-0.25, -0.2) is 0 Å². The molecule has 0 aliphatic carbocycles. The van der Waals surface area contributed by atoms with Gasteiger partial charge < -0.3 is 9.64 Å². The fourth-order valence-corrected chi connectivity index (χ4v) is 2.08. The minimum absolute atomic E-state index is 0.0273. The maximum absolute atomic E-state index is 11.7. The number of nitrogens with zero attached hydrogens (tertiary/aromatic N) is 1. The van der Waals surface area contributed by atoms with Crippen LogP contribution in [0.2, 0.25) is 0 Å². The van der Waals surface area contributed by atoms with Gasteiger partial charge in [-0.15, -0.1) is 11.3 Å². The molecule has 1 amide bonds. The maximum atomic E-state index is 11.7. The lowest BCUT2D eigenvalue weighted by molar-refractivity contribution is -0.146. The molecule has 0 aliphatic heterocycles. The Morgan fingerprint density at radius 3 is 2.72 bits per heavy atom. The molecule has 0 saturated heterocycles. The first-order valence-electron chi connectivity index (χ1n) is 5.68. The molecule has 1 aromatic heterocycles. The summed E-state index contributed by atoms with van der Waals surface area (Å²) in [5, 5.41) is 0. The fraction of sp³-hybridized carbons (Fsp3) is 0.385. The van der Waals surface area contributed by atoms with Gasteiger partial charge in [-0.1, -0.05) is 0 Å². The van der Waals surface area contributed by atoms with Crippen molar-refractivity contribution >= 4 is 29.3 Å². The summed E-state index contributed by atoms with van der Waals surface area (Å²) in [4.78, 5) is 26.4. The molecule has 0 saturated carbocycles. The number of ether oxygens (including phenoxy) is 1. The molecule has 18 heavy (non-hydrogen) atoms. The van der Waals surface area contributed by atoms with E-state index in [4.69, 9.17) is 4.74 Å². The van der Waals surface area contributed by atoms with Gasteiger partial charge in [0.1, 0.15) is 6.54 Å². The molecule has 1 rings (SSSR count). The number of thiophene rings is 1. The fourth-order valence-electron chi connectivity index (χ4n) is 1.30. The third-order valence-electron chi connectivity index (χ3n) is 2.20. The van der Waals surface area contributed by atoms with Crippen LogP contribution in [0.15, 0.2) is 18.2 Å². The zero-order valence-electron chi connectivity index (χ0n) is 10.8. The van der Waals surface area contributed by atoms with Gasteiger partial charge in [0, 0.05) is 22.9 Å². The van der Waals surface area contributed by atoms with Crippen LogP contribution in [0.5, 0.6) is 0 Å². The first-order chi connectivity index (χ1) is 8.52. The lowest BCUT2D eigenvalue weighted by Crippen LogP contribution is -2.31. The Bertz CT molecular complexity index is 451. The van der Waals surface area contributed by atoms with E-state index in [1.54, 1.807) is 31.4 Å². The number of rotatable bonds is 5. The van der Waals surface area contributed by atoms with Crippen molar-refractivity contribution in [1.29, 1.82) is 0 Å². The largest absolute Gasteiger partial charge is 0.465 e. The lowest BCUT2D eigenvalue weighted by Gasteiger charge is -2.13. The highest BCUT2D eigenvalue weighted by atomic mass is 32.1. The van der Waals surface area contributed by atoms with Crippen molar-refractivity contribution in [3.8, 4) is 0 Å². The quantitative estimate of drug-likeness (QED) is 0.606. The number of carbonyl (C=O) groups is 2. The molecule has 0 radical (unpaired) electrons. The third-order valence-corrected chi connectivity index (χ3v) is 3.17. The Labute approximate surface area is 111 Å². The summed E-state index contributed by atoms with van der Waals surface area (Å²) < 4.78 is 4.77. The van der Waals surface area contributed by atoms with E-state index in [0.717, 1.165) is 4.88 Å². The molecule has 5 heteroatoms. The molecule has 0 aliphatic rings. The zero-order chi connectivity index (χ0) is 13.5. The van der Waals surface area contributed by atoms with Gasteiger partial charge >= 0.3 is 5.97 Å². The minimum atomic E-state index is -0.395. The summed E-state index contributed by atoms with van der Waals surface area (Å²) in [6.45, 7) is 4.04. The van der Waals surface area contributed by atoms with Crippen molar-refractivity contribution in [1.82, 2.24) is 4.90 Å². The van der Waals surface area contributed by atoms with Gasteiger partial charge in [-0.3, -0.25) is 9.59 Å². The Kier molecular flexibility index (Phi) is 5.58. The summed E-state index contributed by atoms with van der Waals surface area (Å²) in [7, 11) is 1.57. The topological polar surface area (TPSA) is 46.6 Å². The summed E-state index contributed by atoms with van der Waals surface area (Å²) in [5.41, 5.74) is 0. The van der Waals surface area contributed by atoms with E-state index in [2.05, 4.69) is 0 Å². The molecule has 0 unspecified atom stereocenters. The lowest BCUT2D eigenvalue weighted by atomic mass is 10.3. The van der Waals surface area contributed by atoms with Crippen LogP contribution in [0.1, 0.15) is 16.7 Å². The highest BCUT2D eigenvalue weighted by molar-refractivity contribution is 7.12. The number of aryl methyl sites for hydroxylation is 1. The van der Waals surface area contributed by atoms with E-state index in [0.29, 0.717) is 6.61 Å². The number of carbonyl (C=O) groups excluding carboxylic acids is 2. The van der Waals surface area contributed by atoms with Crippen LogP contribution in [0, 0.1) is 6.92 Å². The predicted molar refractivity (Wildman–Crippen MR) is 72.4 cm³/mol. The van der Waals surface area contributed by atoms with Gasteiger partial charge in [-0.2, -0.15) is 0 Å². The molecule has 0 atom stereocenters. The van der Waals surface area contributed by atoms with Crippen molar-refractivity contribution in [3.63, 3.8) is 0 Å². The molecular weight excluding hydrogens is 250 g/mol. The van der Waals surface area contributed by atoms with E-state index in [-0.39, 0.29) is 12.5 Å². The van der Waals surface area contributed by atoms with E-state index < -0.39 is 5.97 Å². The van der Waals surface area contributed by atoms with Gasteiger partial charge in [0.25, 0.3) is 0 Å². The van der Waals surface area contributed by atoms with Crippen LogP contribution in [-0.2, 0) is 14.3 Å². The Balaban J connectivity index is 2.49. The van der Waals surface area contributed by atoms with Crippen molar-refractivity contribution in [2.24, 2.45) is 0 Å². The second-order valence-electron chi connectivity index (χ2n) is 3.78. The standard InChI is InChI=1S/C13H17NO3S/c1-4-17-13(16)9-14(3)12(15)8-7-11-6-5-10(2)18-11/h5-8H,4,9H2,1-3H3. The second kappa shape index (κ2) is 6.96. The Hall–Kier alpha value is -1.62. The molecule has 0 spiro atoms. The number of esters is 1. The normalized spacial score (nSPS) is 10.6. The summed E-state index contributed by atoms with van der Waals surface area (Å²) in [6.07, 6.45) is 3.21. The Morgan fingerprint density at radius 1 is 1.44 bits per heavy atom. The van der Waals surface area contributed by atoms with Crippen LogP contribution >= 0.6 is 11.3 Å². The van der Waals surface area contributed by atoms with Crippen molar-refractivity contribution in [3.05, 3.63) is 28.0 Å². The highest BCUT2D eigenvalue weighted by Gasteiger charge is 2.10. The first-order valence-corrected chi connectivity index (χ1v) is 6.49. The zero-order valence-corrected chi connectivity index (χ0v) is 11.6. The Morgan fingerprint density at radius 2 is 2.17 bits per heavy atom. The van der Waals surface area contributed by atoms with Crippen LogP contribution in [0.4, 0.5) is 0 Å². The van der Waals surface area contributed by atoms with Crippen LogP contribution in [-0.4, -0.2) is 37.0 Å². The number of likely N-dealkylation sites (N-methyl/N-ethyl adjacent to an activating group) is 1. The van der Waals surface area contributed by atoms with Crippen molar-refractivity contribution in [2.75, 3.05) is 20.2 Å². The van der Waals surface area contributed by atoms with Crippen LogP contribution in [0.3, 0.4) is 0 Å². The number of hydrogen-bond donors (Lipinski definition) is 0. The smallest absolute Gasteiger partial charge is 0.325 e. The summed E-state index contributed by atoms with van der Waals surface area (Å²) in [5.74, 6) is -0.608. The van der Waals surface area contributed by atoms with E-state index >= 15 is 0 Å². The third kappa shape index (κ3) is 4.71. The van der Waals surface area contributed by atoms with Gasteiger partial charge in [-0.05, 0) is 32.1 Å². The maximum Gasteiger partial charge on any atom is 0.325 e. The minimum Gasteiger partial charge on any atom is -0.465 e. The van der Waals surface area contributed by atoms with Crippen molar-refractivity contribution in [2.45, 2.75) is 13.8 Å². The monoisotopic (exact) mass is 267 g/mol.